The first-order chi connectivity index (χ1) is 18.3. The van der Waals surface area contributed by atoms with Gasteiger partial charge in [-0.05, 0) is 52.2 Å². The van der Waals surface area contributed by atoms with Crippen LogP contribution in [0.5, 0.6) is 0 Å². The standard InChI is InChI=1S/C29H47N3O7/c1-8-9-10-11-12-13-16-32(27(36)23(19-33)31-28(37)39-29(4,5)6)25(26(35)30-18-24(34)38-7)22-17-20(2)14-15-21(22)3/h14-15,17,23,25,33H,8-13,16,18-19H2,1-7H3,(H,30,35)(H,31,37). The molecule has 0 spiro atoms. The Kier molecular flexibility index (Phi) is 14.5. The van der Waals surface area contributed by atoms with Gasteiger partial charge in [0.15, 0.2) is 0 Å². The van der Waals surface area contributed by atoms with Gasteiger partial charge in [-0.3, -0.25) is 14.4 Å². The highest BCUT2D eigenvalue weighted by molar-refractivity contribution is 5.93. The van der Waals surface area contributed by atoms with Gasteiger partial charge < -0.3 is 30.1 Å². The van der Waals surface area contributed by atoms with E-state index >= 15 is 0 Å². The van der Waals surface area contributed by atoms with Crippen LogP contribution in [-0.4, -0.2) is 72.3 Å². The minimum absolute atomic E-state index is 0.209. The first-order valence-corrected chi connectivity index (χ1v) is 13.7. The van der Waals surface area contributed by atoms with Gasteiger partial charge in [0, 0.05) is 6.54 Å². The summed E-state index contributed by atoms with van der Waals surface area (Å²) in [6.07, 6.45) is 4.89. The maximum atomic E-state index is 13.9. The second kappa shape index (κ2) is 16.7. The molecule has 39 heavy (non-hydrogen) atoms. The van der Waals surface area contributed by atoms with E-state index in [0.29, 0.717) is 12.0 Å². The molecule has 1 aromatic carbocycles. The fraction of sp³-hybridized carbons (Fsp3) is 0.655. The lowest BCUT2D eigenvalue weighted by molar-refractivity contribution is -0.145. The Hall–Kier alpha value is -3.14. The molecule has 3 N–H and O–H groups in total. The van der Waals surface area contributed by atoms with E-state index in [1.807, 2.05) is 32.0 Å². The van der Waals surface area contributed by atoms with Crippen molar-refractivity contribution in [3.63, 3.8) is 0 Å². The Morgan fingerprint density at radius 3 is 2.26 bits per heavy atom. The molecule has 0 radical (unpaired) electrons. The van der Waals surface area contributed by atoms with E-state index in [1.165, 1.54) is 12.0 Å². The normalized spacial score (nSPS) is 12.7. The molecular formula is C29H47N3O7. The molecule has 1 rings (SSSR count). The average Bonchev–Trinajstić information content (AvgIpc) is 2.87. The van der Waals surface area contributed by atoms with Crippen molar-refractivity contribution in [2.75, 3.05) is 26.8 Å². The Labute approximate surface area is 232 Å². The lowest BCUT2D eigenvalue weighted by atomic mass is 9.95. The van der Waals surface area contributed by atoms with Gasteiger partial charge in [0.2, 0.25) is 11.8 Å². The molecule has 2 atom stereocenters. The lowest BCUT2D eigenvalue weighted by Crippen LogP contribution is -2.55. The molecule has 0 fully saturated rings. The van der Waals surface area contributed by atoms with Crippen molar-refractivity contribution in [3.8, 4) is 0 Å². The van der Waals surface area contributed by atoms with Crippen molar-refractivity contribution < 1.29 is 33.8 Å². The van der Waals surface area contributed by atoms with E-state index in [-0.39, 0.29) is 13.1 Å². The van der Waals surface area contributed by atoms with Crippen molar-refractivity contribution in [2.45, 2.75) is 97.8 Å². The number of alkyl carbamates (subject to hydrolysis) is 1. The van der Waals surface area contributed by atoms with E-state index in [1.54, 1.807) is 20.8 Å². The number of nitrogens with zero attached hydrogens (tertiary/aromatic N) is 1. The highest BCUT2D eigenvalue weighted by Crippen LogP contribution is 2.27. The number of esters is 1. The SMILES string of the molecule is CCCCCCCCN(C(=O)C(CO)NC(=O)OC(C)(C)C)C(C(=O)NCC(=O)OC)c1cc(C)ccc1C. The van der Waals surface area contributed by atoms with E-state index in [0.717, 1.165) is 43.2 Å². The Morgan fingerprint density at radius 2 is 1.67 bits per heavy atom. The zero-order valence-corrected chi connectivity index (χ0v) is 24.6. The average molecular weight is 550 g/mol. The monoisotopic (exact) mass is 549 g/mol. The van der Waals surface area contributed by atoms with Crippen LogP contribution in [0.1, 0.15) is 89.0 Å². The number of ether oxygens (including phenoxy) is 2. The van der Waals surface area contributed by atoms with Gasteiger partial charge in [-0.2, -0.15) is 0 Å². The van der Waals surface area contributed by atoms with E-state index in [4.69, 9.17) is 4.74 Å². The molecular weight excluding hydrogens is 502 g/mol. The third-order valence-electron chi connectivity index (χ3n) is 6.13. The number of aliphatic hydroxyl groups is 1. The summed E-state index contributed by atoms with van der Waals surface area (Å²) in [6.45, 7) is 10.1. The van der Waals surface area contributed by atoms with E-state index in [2.05, 4.69) is 22.3 Å². The topological polar surface area (TPSA) is 134 Å². The van der Waals surface area contributed by atoms with Crippen LogP contribution in [0, 0.1) is 13.8 Å². The fourth-order valence-corrected chi connectivity index (χ4v) is 4.10. The second-order valence-corrected chi connectivity index (χ2v) is 10.7. The van der Waals surface area contributed by atoms with E-state index in [9.17, 15) is 24.3 Å². The fourth-order valence-electron chi connectivity index (χ4n) is 4.10. The van der Waals surface area contributed by atoms with Crippen molar-refractivity contribution in [2.24, 2.45) is 0 Å². The summed E-state index contributed by atoms with van der Waals surface area (Å²) >= 11 is 0. The third kappa shape index (κ3) is 12.1. The molecule has 0 saturated heterocycles. The number of amides is 3. The van der Waals surface area contributed by atoms with Crippen LogP contribution in [0.3, 0.4) is 0 Å². The van der Waals surface area contributed by atoms with Crippen LogP contribution >= 0.6 is 0 Å². The molecule has 2 unspecified atom stereocenters. The van der Waals surface area contributed by atoms with Crippen LogP contribution in [0.4, 0.5) is 4.79 Å². The zero-order valence-electron chi connectivity index (χ0n) is 24.6. The van der Waals surface area contributed by atoms with Gasteiger partial charge in [0.05, 0.1) is 13.7 Å². The van der Waals surface area contributed by atoms with E-state index < -0.39 is 48.2 Å². The number of hydrogen-bond donors (Lipinski definition) is 3. The predicted molar refractivity (Wildman–Crippen MR) is 149 cm³/mol. The van der Waals surface area contributed by atoms with Crippen LogP contribution in [0.25, 0.3) is 0 Å². The highest BCUT2D eigenvalue weighted by Gasteiger charge is 2.36. The summed E-state index contributed by atoms with van der Waals surface area (Å²) in [5.41, 5.74) is 1.45. The van der Waals surface area contributed by atoms with Gasteiger partial charge in [-0.15, -0.1) is 0 Å². The number of aryl methyl sites for hydroxylation is 2. The number of aliphatic hydroxyl groups excluding tert-OH is 1. The van der Waals surface area contributed by atoms with Crippen LogP contribution < -0.4 is 10.6 Å². The number of carbonyl (C=O) groups is 4. The summed E-state index contributed by atoms with van der Waals surface area (Å²) in [5, 5.41) is 15.1. The predicted octanol–water partition coefficient (Wildman–Crippen LogP) is 3.71. The lowest BCUT2D eigenvalue weighted by Gasteiger charge is -2.35. The Bertz CT molecular complexity index is 959. The van der Waals surface area contributed by atoms with Crippen molar-refractivity contribution in [3.05, 3.63) is 34.9 Å². The molecule has 0 aliphatic carbocycles. The molecule has 220 valence electrons. The quantitative estimate of drug-likeness (QED) is 0.224. The maximum Gasteiger partial charge on any atom is 0.408 e. The second-order valence-electron chi connectivity index (χ2n) is 10.7. The molecule has 0 aliphatic heterocycles. The number of hydrogen-bond acceptors (Lipinski definition) is 7. The number of methoxy groups -OCH3 is 1. The third-order valence-corrected chi connectivity index (χ3v) is 6.13. The van der Waals surface area contributed by atoms with Gasteiger partial charge in [0.25, 0.3) is 0 Å². The molecule has 10 nitrogen and oxygen atoms in total. The minimum atomic E-state index is -1.33. The number of rotatable bonds is 15. The summed E-state index contributed by atoms with van der Waals surface area (Å²) in [7, 11) is 1.22. The van der Waals surface area contributed by atoms with Crippen molar-refractivity contribution in [1.82, 2.24) is 15.5 Å². The summed E-state index contributed by atoms with van der Waals surface area (Å²) in [4.78, 5) is 53.1. The smallest absolute Gasteiger partial charge is 0.408 e. The van der Waals surface area contributed by atoms with Crippen LogP contribution in [-0.2, 0) is 23.9 Å². The van der Waals surface area contributed by atoms with Gasteiger partial charge >= 0.3 is 12.1 Å². The molecule has 3 amide bonds. The molecule has 0 heterocycles. The number of benzene rings is 1. The van der Waals surface area contributed by atoms with Crippen molar-refractivity contribution in [1.29, 1.82) is 0 Å². The largest absolute Gasteiger partial charge is 0.468 e. The van der Waals surface area contributed by atoms with Crippen LogP contribution in [0.15, 0.2) is 18.2 Å². The Balaban J connectivity index is 3.43. The molecule has 10 heteroatoms. The van der Waals surface area contributed by atoms with Gasteiger partial charge in [-0.1, -0.05) is 62.8 Å². The summed E-state index contributed by atoms with van der Waals surface area (Å²) in [6, 6.07) is 3.16. The summed E-state index contributed by atoms with van der Waals surface area (Å²) < 4.78 is 9.94. The highest BCUT2D eigenvalue weighted by atomic mass is 16.6. The maximum absolute atomic E-state index is 13.9. The molecule has 0 aromatic heterocycles. The molecule has 1 aromatic rings. The minimum Gasteiger partial charge on any atom is -0.468 e. The zero-order chi connectivity index (χ0) is 29.6. The molecule has 0 saturated carbocycles. The van der Waals surface area contributed by atoms with Gasteiger partial charge in [-0.25, -0.2) is 4.79 Å². The molecule has 0 aliphatic rings. The van der Waals surface area contributed by atoms with Crippen LogP contribution in [0.2, 0.25) is 0 Å². The van der Waals surface area contributed by atoms with Crippen molar-refractivity contribution >= 4 is 23.9 Å². The van der Waals surface area contributed by atoms with Gasteiger partial charge in [0.1, 0.15) is 24.2 Å². The Morgan fingerprint density at radius 1 is 1.03 bits per heavy atom. The number of unbranched alkanes of at least 4 members (excludes halogenated alkanes) is 5. The molecule has 0 bridgehead atoms. The number of nitrogens with one attached hydrogen (secondary N) is 2. The number of carbonyl (C=O) groups excluding carboxylic acids is 4. The summed E-state index contributed by atoms with van der Waals surface area (Å²) in [5.74, 6) is -1.82. The first-order valence-electron chi connectivity index (χ1n) is 13.7. The first kappa shape index (κ1) is 33.9.